The second-order valence-electron chi connectivity index (χ2n) is 7.09. The summed E-state index contributed by atoms with van der Waals surface area (Å²) in [5.41, 5.74) is 2.29. The number of carbonyl (C=O) groups is 2. The van der Waals surface area contributed by atoms with Gasteiger partial charge in [0.2, 0.25) is 5.91 Å². The lowest BCUT2D eigenvalue weighted by Gasteiger charge is -2.38. The zero-order valence-electron chi connectivity index (χ0n) is 16.2. The summed E-state index contributed by atoms with van der Waals surface area (Å²) in [6.45, 7) is 0.695. The first-order chi connectivity index (χ1) is 14.6. The molecule has 6 nitrogen and oxygen atoms in total. The largest absolute Gasteiger partial charge is 0.386 e. The zero-order valence-corrected chi connectivity index (χ0v) is 17.0. The van der Waals surface area contributed by atoms with Gasteiger partial charge in [0.25, 0.3) is 5.91 Å². The Morgan fingerprint density at radius 3 is 2.60 bits per heavy atom. The maximum absolute atomic E-state index is 12.5. The maximum Gasteiger partial charge on any atom is 0.265 e. The van der Waals surface area contributed by atoms with E-state index in [9.17, 15) is 14.7 Å². The molecule has 3 aromatic rings. The first-order valence-electron chi connectivity index (χ1n) is 9.66. The van der Waals surface area contributed by atoms with E-state index in [1.54, 1.807) is 35.2 Å². The molecule has 2 aromatic carbocycles. The van der Waals surface area contributed by atoms with Crippen molar-refractivity contribution < 1.29 is 19.4 Å². The van der Waals surface area contributed by atoms with Crippen molar-refractivity contribution in [3.05, 3.63) is 88.1 Å². The van der Waals surface area contributed by atoms with Gasteiger partial charge in [0.05, 0.1) is 17.5 Å². The van der Waals surface area contributed by atoms with Gasteiger partial charge in [0.1, 0.15) is 12.7 Å². The van der Waals surface area contributed by atoms with Crippen LogP contribution in [0.2, 0.25) is 0 Å². The molecule has 30 heavy (non-hydrogen) atoms. The van der Waals surface area contributed by atoms with Crippen LogP contribution in [-0.4, -0.2) is 41.1 Å². The number of ether oxygens (including phenoxy) is 1. The van der Waals surface area contributed by atoms with E-state index < -0.39 is 12.1 Å². The van der Waals surface area contributed by atoms with Gasteiger partial charge in [0, 0.05) is 12.2 Å². The van der Waals surface area contributed by atoms with Crippen molar-refractivity contribution in [2.24, 2.45) is 0 Å². The third kappa shape index (κ3) is 4.59. The third-order valence-electron chi connectivity index (χ3n) is 5.05. The Hall–Kier alpha value is -3.00. The van der Waals surface area contributed by atoms with Gasteiger partial charge in [-0.2, -0.15) is 0 Å². The molecule has 0 spiro atoms. The topological polar surface area (TPSA) is 78.9 Å². The number of anilines is 1. The number of nitrogens with one attached hydrogen (secondary N) is 1. The van der Waals surface area contributed by atoms with E-state index in [0.29, 0.717) is 22.7 Å². The molecule has 154 valence electrons. The van der Waals surface area contributed by atoms with Crippen LogP contribution in [0.15, 0.2) is 72.1 Å². The molecule has 0 radical (unpaired) electrons. The normalized spacial score (nSPS) is 17.6. The first kappa shape index (κ1) is 20.3. The number of hydrogen-bond donors (Lipinski definition) is 2. The lowest BCUT2D eigenvalue weighted by Crippen LogP contribution is -2.51. The van der Waals surface area contributed by atoms with Gasteiger partial charge in [-0.3, -0.25) is 9.59 Å². The third-order valence-corrected chi connectivity index (χ3v) is 5.92. The van der Waals surface area contributed by atoms with Gasteiger partial charge in [-0.15, -0.1) is 11.3 Å². The molecule has 1 aromatic heterocycles. The summed E-state index contributed by atoms with van der Waals surface area (Å²) >= 11 is 1.37. The summed E-state index contributed by atoms with van der Waals surface area (Å²) in [7, 11) is 0. The average molecular weight is 423 g/mol. The Bertz CT molecular complexity index is 990. The summed E-state index contributed by atoms with van der Waals surface area (Å²) in [4.78, 5) is 27.0. The Morgan fingerprint density at radius 1 is 1.13 bits per heavy atom. The number of carbonyl (C=O) groups excluding carboxylic acids is 2. The number of nitrogens with zero attached hydrogens (tertiary/aromatic N) is 1. The second kappa shape index (κ2) is 9.21. The van der Waals surface area contributed by atoms with E-state index in [4.69, 9.17) is 4.74 Å². The van der Waals surface area contributed by atoms with Crippen molar-refractivity contribution in [1.29, 1.82) is 0 Å². The molecular formula is C23H22N2O4S. The number of rotatable bonds is 6. The highest BCUT2D eigenvalue weighted by Gasteiger charge is 2.34. The Balaban J connectivity index is 1.47. The van der Waals surface area contributed by atoms with Crippen LogP contribution in [0.3, 0.4) is 0 Å². The fourth-order valence-electron chi connectivity index (χ4n) is 3.46. The van der Waals surface area contributed by atoms with E-state index in [1.807, 2.05) is 41.8 Å². The van der Waals surface area contributed by atoms with Crippen LogP contribution >= 0.6 is 11.3 Å². The molecule has 7 heteroatoms. The summed E-state index contributed by atoms with van der Waals surface area (Å²) in [5.74, 6) is -0.312. The lowest BCUT2D eigenvalue weighted by atomic mass is 9.99. The molecule has 1 fully saturated rings. The number of benzene rings is 2. The van der Waals surface area contributed by atoms with Gasteiger partial charge in [-0.05, 0) is 34.7 Å². The smallest absolute Gasteiger partial charge is 0.265 e. The van der Waals surface area contributed by atoms with Crippen LogP contribution < -0.4 is 5.32 Å². The minimum Gasteiger partial charge on any atom is -0.386 e. The van der Waals surface area contributed by atoms with E-state index in [-0.39, 0.29) is 25.0 Å². The molecule has 1 aliphatic heterocycles. The van der Waals surface area contributed by atoms with Crippen molar-refractivity contribution in [3.8, 4) is 0 Å². The van der Waals surface area contributed by atoms with E-state index in [0.717, 1.165) is 5.56 Å². The van der Waals surface area contributed by atoms with Gasteiger partial charge in [0.15, 0.2) is 0 Å². The Kier molecular flexibility index (Phi) is 6.23. The molecule has 1 saturated heterocycles. The van der Waals surface area contributed by atoms with Crippen molar-refractivity contribution >= 4 is 28.8 Å². The number of aliphatic hydroxyl groups is 1. The molecule has 4 rings (SSSR count). The molecule has 1 aliphatic rings. The van der Waals surface area contributed by atoms with E-state index in [2.05, 4.69) is 5.32 Å². The van der Waals surface area contributed by atoms with Crippen molar-refractivity contribution in [3.63, 3.8) is 0 Å². The van der Waals surface area contributed by atoms with Gasteiger partial charge >= 0.3 is 0 Å². The number of thiophene rings is 1. The second-order valence-corrected chi connectivity index (χ2v) is 8.04. The van der Waals surface area contributed by atoms with Crippen LogP contribution in [0.1, 0.15) is 26.9 Å². The van der Waals surface area contributed by atoms with Crippen molar-refractivity contribution in [2.75, 3.05) is 18.5 Å². The van der Waals surface area contributed by atoms with Crippen LogP contribution in [0.4, 0.5) is 5.69 Å². The molecule has 0 saturated carbocycles. The minimum absolute atomic E-state index is 0.0176. The molecule has 2 amide bonds. The van der Waals surface area contributed by atoms with Crippen LogP contribution in [0, 0.1) is 0 Å². The summed E-state index contributed by atoms with van der Waals surface area (Å²) < 4.78 is 5.42. The molecular weight excluding hydrogens is 400 g/mol. The van der Waals surface area contributed by atoms with Gasteiger partial charge in [-0.1, -0.05) is 48.5 Å². The standard InChI is InChI=1S/C23H22N2O4S/c26-21-15-29-14-19(25(21)13-16-5-2-1-3-6-16)22(27)17-8-10-18(11-9-17)24-23(28)20-7-4-12-30-20/h1-12,19,22,27H,13-15H2,(H,24,28). The highest BCUT2D eigenvalue weighted by atomic mass is 32.1. The number of aliphatic hydroxyl groups excluding tert-OH is 1. The monoisotopic (exact) mass is 422 g/mol. The number of hydrogen-bond acceptors (Lipinski definition) is 5. The molecule has 2 unspecified atom stereocenters. The van der Waals surface area contributed by atoms with E-state index in [1.165, 1.54) is 11.3 Å². The summed E-state index contributed by atoms with van der Waals surface area (Å²) in [5, 5.41) is 15.7. The zero-order chi connectivity index (χ0) is 20.9. The fraction of sp³-hybridized carbons (Fsp3) is 0.217. The maximum atomic E-state index is 12.5. The predicted molar refractivity (Wildman–Crippen MR) is 115 cm³/mol. The first-order valence-corrected chi connectivity index (χ1v) is 10.5. The molecule has 0 bridgehead atoms. The predicted octanol–water partition coefficient (Wildman–Crippen LogP) is 3.46. The lowest BCUT2D eigenvalue weighted by molar-refractivity contribution is -0.155. The van der Waals surface area contributed by atoms with Crippen molar-refractivity contribution in [1.82, 2.24) is 4.90 Å². The highest BCUT2D eigenvalue weighted by Crippen LogP contribution is 2.27. The van der Waals surface area contributed by atoms with Gasteiger partial charge < -0.3 is 20.1 Å². The molecule has 2 atom stereocenters. The number of morpholine rings is 1. The Morgan fingerprint density at radius 2 is 1.90 bits per heavy atom. The SMILES string of the molecule is O=C(Nc1ccc(C(O)C2COCC(=O)N2Cc2ccccc2)cc1)c1cccs1. The van der Waals surface area contributed by atoms with Crippen molar-refractivity contribution in [2.45, 2.75) is 18.7 Å². The average Bonchev–Trinajstić information content (AvgIpc) is 3.31. The highest BCUT2D eigenvalue weighted by molar-refractivity contribution is 7.12. The number of amides is 2. The van der Waals surface area contributed by atoms with Crippen LogP contribution in [0.5, 0.6) is 0 Å². The van der Waals surface area contributed by atoms with E-state index >= 15 is 0 Å². The summed E-state index contributed by atoms with van der Waals surface area (Å²) in [6, 6.07) is 19.8. The molecule has 0 aliphatic carbocycles. The summed E-state index contributed by atoms with van der Waals surface area (Å²) in [6.07, 6.45) is -0.903. The molecule has 2 heterocycles. The Labute approximate surface area is 178 Å². The van der Waals surface area contributed by atoms with Gasteiger partial charge in [-0.25, -0.2) is 0 Å². The van der Waals surface area contributed by atoms with Crippen LogP contribution in [0.25, 0.3) is 0 Å². The molecule has 2 N–H and O–H groups in total. The van der Waals surface area contributed by atoms with Crippen LogP contribution in [-0.2, 0) is 16.1 Å². The quantitative estimate of drug-likeness (QED) is 0.638. The fourth-order valence-corrected chi connectivity index (χ4v) is 4.08. The minimum atomic E-state index is -0.903.